The van der Waals surface area contributed by atoms with Crippen molar-refractivity contribution in [2.24, 2.45) is 4.99 Å². The first kappa shape index (κ1) is 24.3. The Morgan fingerprint density at radius 2 is 1.72 bits per heavy atom. The highest BCUT2D eigenvalue weighted by molar-refractivity contribution is 7.16. The van der Waals surface area contributed by atoms with Crippen molar-refractivity contribution in [2.45, 2.75) is 45.1 Å². The Morgan fingerprint density at radius 3 is 2.50 bits per heavy atom. The molecule has 7 heteroatoms. The average molecular weight is 502 g/mol. The van der Waals surface area contributed by atoms with Gasteiger partial charge in [0.25, 0.3) is 11.8 Å². The number of carbonyl (C=O) groups is 2. The zero-order valence-corrected chi connectivity index (χ0v) is 21.2. The predicted molar refractivity (Wildman–Crippen MR) is 144 cm³/mol. The van der Waals surface area contributed by atoms with Crippen molar-refractivity contribution >= 4 is 34.4 Å². The molecule has 186 valence electrons. The largest absolute Gasteiger partial charge is 0.484 e. The topological polar surface area (TPSA) is 71.0 Å². The van der Waals surface area contributed by atoms with Crippen LogP contribution in [0, 0.1) is 0 Å². The SMILES string of the molecule is O=C(NCc1ccccc1)c1c(N=Cc2ccc(OCC(=O)N3CCCC3)cc2)sc2c1CCCC2. The Morgan fingerprint density at radius 1 is 0.972 bits per heavy atom. The molecule has 0 unspecified atom stereocenters. The maximum atomic E-state index is 13.2. The third kappa shape index (κ3) is 5.85. The predicted octanol–water partition coefficient (Wildman–Crippen LogP) is 5.31. The second kappa shape index (κ2) is 11.5. The van der Waals surface area contributed by atoms with Gasteiger partial charge in [0, 0.05) is 30.7 Å². The number of ether oxygens (including phenoxy) is 1. The monoisotopic (exact) mass is 501 g/mol. The molecule has 1 aliphatic carbocycles. The van der Waals surface area contributed by atoms with E-state index in [4.69, 9.17) is 9.73 Å². The van der Waals surface area contributed by atoms with E-state index in [1.807, 2.05) is 59.5 Å². The third-order valence-corrected chi connectivity index (χ3v) is 7.91. The summed E-state index contributed by atoms with van der Waals surface area (Å²) < 4.78 is 5.68. The lowest BCUT2D eigenvalue weighted by Gasteiger charge is -2.15. The van der Waals surface area contributed by atoms with E-state index in [0.29, 0.717) is 12.3 Å². The molecule has 2 heterocycles. The van der Waals surface area contributed by atoms with Crippen molar-refractivity contribution in [3.63, 3.8) is 0 Å². The molecule has 0 atom stereocenters. The zero-order chi connectivity index (χ0) is 24.7. The Kier molecular flexibility index (Phi) is 7.76. The number of nitrogens with zero attached hydrogens (tertiary/aromatic N) is 2. The number of thiophene rings is 1. The van der Waals surface area contributed by atoms with Crippen molar-refractivity contribution in [1.82, 2.24) is 10.2 Å². The highest BCUT2D eigenvalue weighted by atomic mass is 32.1. The molecule has 2 aliphatic rings. The van der Waals surface area contributed by atoms with E-state index in [2.05, 4.69) is 5.32 Å². The van der Waals surface area contributed by atoms with Crippen molar-refractivity contribution < 1.29 is 14.3 Å². The van der Waals surface area contributed by atoms with Crippen molar-refractivity contribution in [3.05, 3.63) is 81.7 Å². The van der Waals surface area contributed by atoms with Gasteiger partial charge >= 0.3 is 0 Å². The number of aliphatic imine (C=N–C) groups is 1. The molecule has 1 saturated heterocycles. The first-order valence-electron chi connectivity index (χ1n) is 12.7. The molecule has 36 heavy (non-hydrogen) atoms. The van der Waals surface area contributed by atoms with E-state index in [9.17, 15) is 9.59 Å². The van der Waals surface area contributed by atoms with Crippen LogP contribution in [0.2, 0.25) is 0 Å². The molecule has 1 N–H and O–H groups in total. The molecule has 0 radical (unpaired) electrons. The minimum Gasteiger partial charge on any atom is -0.484 e. The summed E-state index contributed by atoms with van der Waals surface area (Å²) in [6, 6.07) is 17.5. The maximum absolute atomic E-state index is 13.2. The molecule has 3 aromatic rings. The summed E-state index contributed by atoms with van der Waals surface area (Å²) in [5.74, 6) is 0.641. The molecule has 2 aromatic carbocycles. The van der Waals surface area contributed by atoms with Crippen LogP contribution < -0.4 is 10.1 Å². The van der Waals surface area contributed by atoms with Crippen LogP contribution in [0.1, 0.15) is 57.6 Å². The van der Waals surface area contributed by atoms with Crippen LogP contribution in [0.4, 0.5) is 5.00 Å². The summed E-state index contributed by atoms with van der Waals surface area (Å²) in [7, 11) is 0. The summed E-state index contributed by atoms with van der Waals surface area (Å²) in [6.45, 7) is 2.22. The fraction of sp³-hybridized carbons (Fsp3) is 0.345. The van der Waals surface area contributed by atoms with E-state index in [1.165, 1.54) is 4.88 Å². The minimum absolute atomic E-state index is 0.0397. The summed E-state index contributed by atoms with van der Waals surface area (Å²) >= 11 is 1.63. The van der Waals surface area contributed by atoms with Gasteiger partial charge in [0.15, 0.2) is 6.61 Å². The Balaban J connectivity index is 1.26. The van der Waals surface area contributed by atoms with Gasteiger partial charge in [-0.05, 0) is 79.5 Å². The highest BCUT2D eigenvalue weighted by Gasteiger charge is 2.25. The number of nitrogens with one attached hydrogen (secondary N) is 1. The van der Waals surface area contributed by atoms with Crippen LogP contribution in [0.25, 0.3) is 0 Å². The van der Waals surface area contributed by atoms with Gasteiger partial charge in [-0.25, -0.2) is 4.99 Å². The van der Waals surface area contributed by atoms with Gasteiger partial charge in [-0.3, -0.25) is 9.59 Å². The van der Waals surface area contributed by atoms with Gasteiger partial charge < -0.3 is 15.0 Å². The number of rotatable bonds is 8. The maximum Gasteiger partial charge on any atom is 0.260 e. The summed E-state index contributed by atoms with van der Waals surface area (Å²) in [4.78, 5) is 33.3. The quantitative estimate of drug-likeness (QED) is 0.425. The van der Waals surface area contributed by atoms with Crippen LogP contribution >= 0.6 is 11.3 Å². The molecule has 2 amide bonds. The fourth-order valence-electron chi connectivity index (χ4n) is 4.73. The lowest BCUT2D eigenvalue weighted by atomic mass is 9.95. The Bertz CT molecular complexity index is 1230. The summed E-state index contributed by atoms with van der Waals surface area (Å²) in [6.07, 6.45) is 8.14. The van der Waals surface area contributed by atoms with Gasteiger partial charge in [0.2, 0.25) is 0 Å². The highest BCUT2D eigenvalue weighted by Crippen LogP contribution is 2.39. The van der Waals surface area contributed by atoms with Crippen LogP contribution in [-0.4, -0.2) is 42.6 Å². The molecule has 1 aromatic heterocycles. The Labute approximate surface area is 216 Å². The van der Waals surface area contributed by atoms with Crippen molar-refractivity contribution in [1.29, 1.82) is 0 Å². The smallest absolute Gasteiger partial charge is 0.260 e. The number of fused-ring (bicyclic) bond motifs is 1. The fourth-order valence-corrected chi connectivity index (χ4v) is 5.96. The van der Waals surface area contributed by atoms with Crippen LogP contribution in [0.3, 0.4) is 0 Å². The first-order chi connectivity index (χ1) is 17.7. The lowest BCUT2D eigenvalue weighted by Crippen LogP contribution is -2.32. The second-order valence-electron chi connectivity index (χ2n) is 9.26. The number of likely N-dealkylation sites (tertiary alicyclic amines) is 1. The molecule has 0 spiro atoms. The molecule has 6 nitrogen and oxygen atoms in total. The zero-order valence-electron chi connectivity index (χ0n) is 20.4. The average Bonchev–Trinajstić information content (AvgIpc) is 3.59. The Hall–Kier alpha value is -3.45. The molecule has 5 rings (SSSR count). The number of aryl methyl sites for hydroxylation is 1. The first-order valence-corrected chi connectivity index (χ1v) is 13.5. The van der Waals surface area contributed by atoms with Crippen LogP contribution in [0.5, 0.6) is 5.75 Å². The van der Waals surface area contributed by atoms with Gasteiger partial charge in [-0.15, -0.1) is 11.3 Å². The number of amides is 2. The normalized spacial score (nSPS) is 15.2. The van der Waals surface area contributed by atoms with Gasteiger partial charge in [-0.2, -0.15) is 0 Å². The van der Waals surface area contributed by atoms with Crippen LogP contribution in [-0.2, 0) is 24.2 Å². The third-order valence-electron chi connectivity index (χ3n) is 6.71. The van der Waals surface area contributed by atoms with E-state index in [1.54, 1.807) is 17.6 Å². The van der Waals surface area contributed by atoms with Gasteiger partial charge in [0.05, 0.1) is 5.56 Å². The molecular formula is C29H31N3O3S. The molecular weight excluding hydrogens is 470 g/mol. The van der Waals surface area contributed by atoms with Crippen LogP contribution in [0.15, 0.2) is 59.6 Å². The second-order valence-corrected chi connectivity index (χ2v) is 10.3. The number of benzene rings is 2. The standard InChI is InChI=1S/C29H31N3O3S/c33-26(32-16-6-7-17-32)20-35-23-14-12-22(13-15-23)19-31-29-27(24-10-4-5-11-25(24)36-29)28(34)30-18-21-8-2-1-3-9-21/h1-3,8-9,12-15,19H,4-7,10-11,16-18,20H2,(H,30,34). The molecule has 1 fully saturated rings. The summed E-state index contributed by atoms with van der Waals surface area (Å²) in [5, 5.41) is 3.85. The number of carbonyl (C=O) groups excluding carboxylic acids is 2. The lowest BCUT2D eigenvalue weighted by molar-refractivity contribution is -0.132. The van der Waals surface area contributed by atoms with Gasteiger partial charge in [-0.1, -0.05) is 30.3 Å². The summed E-state index contributed by atoms with van der Waals surface area (Å²) in [5.41, 5.74) is 3.87. The van der Waals surface area contributed by atoms with E-state index >= 15 is 0 Å². The number of hydrogen-bond donors (Lipinski definition) is 1. The van der Waals surface area contributed by atoms with Gasteiger partial charge in [0.1, 0.15) is 10.8 Å². The van der Waals surface area contributed by atoms with Crippen molar-refractivity contribution in [2.75, 3.05) is 19.7 Å². The molecule has 0 saturated carbocycles. The van der Waals surface area contributed by atoms with E-state index in [-0.39, 0.29) is 18.4 Å². The minimum atomic E-state index is -0.0585. The number of hydrogen-bond acceptors (Lipinski definition) is 5. The molecule has 0 bridgehead atoms. The van der Waals surface area contributed by atoms with E-state index < -0.39 is 0 Å². The molecule has 1 aliphatic heterocycles. The van der Waals surface area contributed by atoms with E-state index in [0.717, 1.165) is 78.9 Å². The van der Waals surface area contributed by atoms with Crippen molar-refractivity contribution in [3.8, 4) is 5.75 Å².